The van der Waals surface area contributed by atoms with Gasteiger partial charge in [0.1, 0.15) is 16.6 Å². The molecule has 1 aliphatic rings. The number of nitrogens with zero attached hydrogens (tertiary/aromatic N) is 2. The summed E-state index contributed by atoms with van der Waals surface area (Å²) in [5.41, 5.74) is 0.114. The van der Waals surface area contributed by atoms with E-state index in [0.717, 1.165) is 29.5 Å². The first-order valence-corrected chi connectivity index (χ1v) is 9.96. The number of hydrogen-bond acceptors (Lipinski definition) is 6. The van der Waals surface area contributed by atoms with Crippen molar-refractivity contribution in [2.24, 2.45) is 0 Å². The number of benzene rings is 2. The molecule has 1 unspecified atom stereocenters. The summed E-state index contributed by atoms with van der Waals surface area (Å²) in [5.74, 6) is -6.23. The van der Waals surface area contributed by atoms with Gasteiger partial charge >= 0.3 is 5.97 Å². The van der Waals surface area contributed by atoms with Crippen molar-refractivity contribution >= 4 is 39.1 Å². The lowest BCUT2D eigenvalue weighted by molar-refractivity contribution is -0.147. The number of thiazole rings is 1. The Balaban J connectivity index is 1.70. The molecule has 4 rings (SSSR count). The fourth-order valence-corrected chi connectivity index (χ4v) is 4.15. The Morgan fingerprint density at radius 3 is 2.74 bits per heavy atom. The second kappa shape index (κ2) is 8.14. The standard InChI is InChI=1S/C20H14F4N2O4S/c1-2-29-16(27)7-14-20(28)26(12-4-3-9(21)5-13(12)30-14)8-15-25-11-6-10(22)17(23)18(24)19(11)31-15/h3-6,14H,2,7-8H2,1H3. The van der Waals surface area contributed by atoms with E-state index < -0.39 is 47.7 Å². The van der Waals surface area contributed by atoms with E-state index in [1.54, 1.807) is 6.92 Å². The van der Waals surface area contributed by atoms with Gasteiger partial charge in [0, 0.05) is 12.1 Å². The van der Waals surface area contributed by atoms with E-state index in [0.29, 0.717) is 0 Å². The Hall–Kier alpha value is -3.21. The summed E-state index contributed by atoms with van der Waals surface area (Å²) in [6.07, 6.45) is -1.67. The van der Waals surface area contributed by atoms with Crippen LogP contribution in [0.15, 0.2) is 24.3 Å². The maximum Gasteiger partial charge on any atom is 0.310 e. The summed E-state index contributed by atoms with van der Waals surface area (Å²) in [6.45, 7) is 1.51. The molecular formula is C20H14F4N2O4S. The van der Waals surface area contributed by atoms with Crippen LogP contribution in [0.25, 0.3) is 10.2 Å². The van der Waals surface area contributed by atoms with Gasteiger partial charge in [-0.2, -0.15) is 0 Å². The van der Waals surface area contributed by atoms with Crippen molar-refractivity contribution in [3.05, 3.63) is 52.5 Å². The molecule has 1 amide bonds. The van der Waals surface area contributed by atoms with Crippen LogP contribution in [-0.4, -0.2) is 29.6 Å². The molecule has 162 valence electrons. The molecular weight excluding hydrogens is 440 g/mol. The Labute approximate surface area is 177 Å². The third kappa shape index (κ3) is 3.92. The summed E-state index contributed by atoms with van der Waals surface area (Å²) >= 11 is 0.750. The first-order chi connectivity index (χ1) is 14.8. The van der Waals surface area contributed by atoms with Gasteiger partial charge in [0.05, 0.1) is 35.5 Å². The van der Waals surface area contributed by atoms with E-state index in [9.17, 15) is 27.2 Å². The maximum absolute atomic E-state index is 14.1. The van der Waals surface area contributed by atoms with Crippen LogP contribution in [0.2, 0.25) is 0 Å². The Morgan fingerprint density at radius 2 is 2.00 bits per heavy atom. The lowest BCUT2D eigenvalue weighted by atomic mass is 10.1. The van der Waals surface area contributed by atoms with E-state index in [1.165, 1.54) is 11.0 Å². The van der Waals surface area contributed by atoms with E-state index in [4.69, 9.17) is 9.47 Å². The van der Waals surface area contributed by atoms with Crippen LogP contribution in [0.3, 0.4) is 0 Å². The molecule has 0 fully saturated rings. The number of rotatable bonds is 5. The van der Waals surface area contributed by atoms with Crippen LogP contribution in [0.5, 0.6) is 5.75 Å². The SMILES string of the molecule is CCOC(=O)CC1Oc2cc(F)ccc2N(Cc2nc3cc(F)c(F)c(F)c3s2)C1=O. The summed E-state index contributed by atoms with van der Waals surface area (Å²) in [6, 6.07) is 4.27. The molecule has 1 atom stereocenters. The minimum atomic E-state index is -1.61. The highest BCUT2D eigenvalue weighted by Crippen LogP contribution is 2.37. The van der Waals surface area contributed by atoms with Gasteiger partial charge in [0.2, 0.25) is 0 Å². The van der Waals surface area contributed by atoms with Crippen molar-refractivity contribution in [1.29, 1.82) is 0 Å². The summed E-state index contributed by atoms with van der Waals surface area (Å²) in [5, 5.41) is 0.180. The number of hydrogen-bond donors (Lipinski definition) is 0. The third-order valence-electron chi connectivity index (χ3n) is 4.54. The van der Waals surface area contributed by atoms with Gasteiger partial charge in [0.25, 0.3) is 5.91 Å². The zero-order valence-corrected chi connectivity index (χ0v) is 16.8. The van der Waals surface area contributed by atoms with Gasteiger partial charge in [-0.1, -0.05) is 0 Å². The molecule has 6 nitrogen and oxygen atoms in total. The number of amides is 1. The highest BCUT2D eigenvalue weighted by atomic mass is 32.1. The van der Waals surface area contributed by atoms with Crippen LogP contribution in [0, 0.1) is 23.3 Å². The van der Waals surface area contributed by atoms with Crippen LogP contribution in [-0.2, 0) is 20.9 Å². The van der Waals surface area contributed by atoms with E-state index in [2.05, 4.69) is 4.98 Å². The molecule has 0 aliphatic carbocycles. The second-order valence-corrected chi connectivity index (χ2v) is 7.68. The number of anilines is 1. The van der Waals surface area contributed by atoms with Gasteiger partial charge in [0.15, 0.2) is 23.6 Å². The molecule has 2 aromatic carbocycles. The number of carbonyl (C=O) groups is 2. The first-order valence-electron chi connectivity index (χ1n) is 9.14. The van der Waals surface area contributed by atoms with Crippen LogP contribution in [0.4, 0.5) is 23.2 Å². The molecule has 0 saturated heterocycles. The number of halogens is 4. The molecule has 31 heavy (non-hydrogen) atoms. The molecule has 0 saturated carbocycles. The van der Waals surface area contributed by atoms with Crippen LogP contribution in [0.1, 0.15) is 18.4 Å². The number of esters is 1. The largest absolute Gasteiger partial charge is 0.478 e. The molecule has 11 heteroatoms. The van der Waals surface area contributed by atoms with E-state index in [-0.39, 0.29) is 39.8 Å². The van der Waals surface area contributed by atoms with Crippen LogP contribution >= 0.6 is 11.3 Å². The molecule has 2 heterocycles. The lowest BCUT2D eigenvalue weighted by Crippen LogP contribution is -2.46. The second-order valence-electron chi connectivity index (χ2n) is 6.59. The zero-order chi connectivity index (χ0) is 22.3. The predicted molar refractivity (Wildman–Crippen MR) is 103 cm³/mol. The molecule has 0 bridgehead atoms. The van der Waals surface area contributed by atoms with Crippen molar-refractivity contribution in [2.45, 2.75) is 26.0 Å². The predicted octanol–water partition coefficient (Wildman–Crippen LogP) is 4.10. The smallest absolute Gasteiger partial charge is 0.310 e. The van der Waals surface area contributed by atoms with E-state index >= 15 is 0 Å². The topological polar surface area (TPSA) is 68.7 Å². The van der Waals surface area contributed by atoms with Crippen molar-refractivity contribution in [3.8, 4) is 5.75 Å². The summed E-state index contributed by atoms with van der Waals surface area (Å²) in [4.78, 5) is 30.1. The zero-order valence-electron chi connectivity index (χ0n) is 16.0. The highest BCUT2D eigenvalue weighted by Gasteiger charge is 2.37. The maximum atomic E-state index is 14.1. The Morgan fingerprint density at radius 1 is 1.23 bits per heavy atom. The van der Waals surface area contributed by atoms with E-state index in [1.807, 2.05) is 0 Å². The summed E-state index contributed by atoms with van der Waals surface area (Å²) in [7, 11) is 0. The van der Waals surface area contributed by atoms with Gasteiger partial charge in [-0.05, 0) is 19.1 Å². The van der Waals surface area contributed by atoms with Crippen molar-refractivity contribution in [3.63, 3.8) is 0 Å². The summed E-state index contributed by atoms with van der Waals surface area (Å²) < 4.78 is 65.0. The molecule has 0 radical (unpaired) electrons. The fraction of sp³-hybridized carbons (Fsp3) is 0.250. The minimum Gasteiger partial charge on any atom is -0.478 e. The highest BCUT2D eigenvalue weighted by molar-refractivity contribution is 7.18. The molecule has 3 aromatic rings. The van der Waals surface area contributed by atoms with Crippen molar-refractivity contribution in [1.82, 2.24) is 4.98 Å². The molecule has 0 N–H and O–H groups in total. The number of aromatic nitrogens is 1. The quantitative estimate of drug-likeness (QED) is 0.330. The first kappa shape index (κ1) is 21.0. The Bertz CT molecular complexity index is 1200. The number of fused-ring (bicyclic) bond motifs is 2. The Kier molecular flexibility index (Phi) is 5.52. The monoisotopic (exact) mass is 454 g/mol. The van der Waals surface area contributed by atoms with Crippen LogP contribution < -0.4 is 9.64 Å². The molecule has 0 spiro atoms. The van der Waals surface area contributed by atoms with Crippen molar-refractivity contribution < 1.29 is 36.6 Å². The average molecular weight is 454 g/mol. The van der Waals surface area contributed by atoms with Gasteiger partial charge in [-0.15, -0.1) is 11.3 Å². The lowest BCUT2D eigenvalue weighted by Gasteiger charge is -2.33. The number of carbonyl (C=O) groups excluding carboxylic acids is 2. The normalized spacial score (nSPS) is 15.7. The van der Waals surface area contributed by atoms with Gasteiger partial charge in [-0.3, -0.25) is 14.5 Å². The number of ether oxygens (including phenoxy) is 2. The van der Waals surface area contributed by atoms with Gasteiger partial charge in [-0.25, -0.2) is 22.5 Å². The molecule has 1 aliphatic heterocycles. The van der Waals surface area contributed by atoms with Gasteiger partial charge < -0.3 is 9.47 Å². The average Bonchev–Trinajstić information content (AvgIpc) is 3.12. The minimum absolute atomic E-state index is 0.0262. The van der Waals surface area contributed by atoms with Crippen molar-refractivity contribution in [2.75, 3.05) is 11.5 Å². The third-order valence-corrected chi connectivity index (χ3v) is 5.59. The molecule has 1 aromatic heterocycles. The fourth-order valence-electron chi connectivity index (χ4n) is 3.19.